The Balaban J connectivity index is 2.39. The van der Waals surface area contributed by atoms with Gasteiger partial charge in [0, 0.05) is 5.92 Å². The molecule has 1 aliphatic rings. The minimum absolute atomic E-state index is 0.142. The van der Waals surface area contributed by atoms with Crippen molar-refractivity contribution in [3.8, 4) is 0 Å². The van der Waals surface area contributed by atoms with Crippen LogP contribution >= 0.6 is 0 Å². The molecule has 0 radical (unpaired) electrons. The molecule has 4 N–H and O–H groups in total. The highest BCUT2D eigenvalue weighted by atomic mass is 16.3. The Morgan fingerprint density at radius 3 is 2.80 bits per heavy atom. The monoisotopic (exact) mass is 144 g/mol. The molecule has 2 unspecified atom stereocenters. The van der Waals surface area contributed by atoms with Gasteiger partial charge in [-0.1, -0.05) is 0 Å². The maximum Gasteiger partial charge on any atom is 0.220 e. The molecule has 0 aromatic carbocycles. The number of aliphatic hydroxyl groups is 1. The molecule has 1 fully saturated rings. The second-order valence-corrected chi connectivity index (χ2v) is 2.59. The van der Waals surface area contributed by atoms with Crippen molar-refractivity contribution in [1.29, 1.82) is 0 Å². The fourth-order valence-corrected chi connectivity index (χ4v) is 1.15. The lowest BCUT2D eigenvalue weighted by atomic mass is 9.96. The summed E-state index contributed by atoms with van der Waals surface area (Å²) in [4.78, 5) is 10.6. The Hall–Kier alpha value is -0.610. The van der Waals surface area contributed by atoms with Crippen LogP contribution in [0, 0.1) is 5.92 Å². The SMILES string of the molecule is NC(=O)C1CCNC(O)C1. The quantitative estimate of drug-likeness (QED) is 0.432. The average molecular weight is 144 g/mol. The number of carbonyl (C=O) groups is 1. The summed E-state index contributed by atoms with van der Waals surface area (Å²) in [5, 5.41) is 11.8. The van der Waals surface area contributed by atoms with Gasteiger partial charge in [0.05, 0.1) is 0 Å². The predicted molar refractivity (Wildman–Crippen MR) is 35.9 cm³/mol. The van der Waals surface area contributed by atoms with Gasteiger partial charge in [0.25, 0.3) is 0 Å². The van der Waals surface area contributed by atoms with E-state index in [9.17, 15) is 4.79 Å². The van der Waals surface area contributed by atoms with Crippen LogP contribution in [0.25, 0.3) is 0 Å². The summed E-state index contributed by atoms with van der Waals surface area (Å²) >= 11 is 0. The fourth-order valence-electron chi connectivity index (χ4n) is 1.15. The molecule has 1 amide bonds. The van der Waals surface area contributed by atoms with E-state index in [1.54, 1.807) is 0 Å². The zero-order valence-corrected chi connectivity index (χ0v) is 5.71. The number of hydrogen-bond donors (Lipinski definition) is 3. The molecule has 1 saturated heterocycles. The van der Waals surface area contributed by atoms with E-state index in [1.165, 1.54) is 0 Å². The lowest BCUT2D eigenvalue weighted by Crippen LogP contribution is -2.42. The second kappa shape index (κ2) is 2.98. The molecule has 0 bridgehead atoms. The van der Waals surface area contributed by atoms with Crippen LogP contribution in [-0.4, -0.2) is 23.8 Å². The highest BCUT2D eigenvalue weighted by Gasteiger charge is 2.23. The number of piperidine rings is 1. The number of carbonyl (C=O) groups excluding carboxylic acids is 1. The van der Waals surface area contributed by atoms with Crippen molar-refractivity contribution < 1.29 is 9.90 Å². The number of nitrogens with two attached hydrogens (primary N) is 1. The van der Waals surface area contributed by atoms with E-state index in [-0.39, 0.29) is 11.8 Å². The van der Waals surface area contributed by atoms with Gasteiger partial charge in [-0.2, -0.15) is 0 Å². The molecule has 4 heteroatoms. The van der Waals surface area contributed by atoms with Crippen molar-refractivity contribution in [3.63, 3.8) is 0 Å². The first-order valence-electron chi connectivity index (χ1n) is 3.41. The molecule has 1 heterocycles. The molecule has 0 aliphatic carbocycles. The molecule has 0 spiro atoms. The largest absolute Gasteiger partial charge is 0.379 e. The number of hydrogen-bond acceptors (Lipinski definition) is 3. The van der Waals surface area contributed by atoms with E-state index in [0.717, 1.165) is 6.42 Å². The molecular weight excluding hydrogens is 132 g/mol. The van der Waals surface area contributed by atoms with Crippen molar-refractivity contribution in [1.82, 2.24) is 5.32 Å². The Bertz CT molecular complexity index is 138. The molecule has 58 valence electrons. The number of nitrogens with one attached hydrogen (secondary N) is 1. The molecule has 1 aliphatic heterocycles. The van der Waals surface area contributed by atoms with Crippen LogP contribution < -0.4 is 11.1 Å². The molecule has 4 nitrogen and oxygen atoms in total. The minimum Gasteiger partial charge on any atom is -0.379 e. The highest BCUT2D eigenvalue weighted by molar-refractivity contribution is 5.76. The van der Waals surface area contributed by atoms with Gasteiger partial charge in [-0.3, -0.25) is 10.1 Å². The Labute approximate surface area is 59.4 Å². The summed E-state index contributed by atoms with van der Waals surface area (Å²) in [6.45, 7) is 0.675. The summed E-state index contributed by atoms with van der Waals surface area (Å²) < 4.78 is 0. The molecule has 0 aromatic heterocycles. The van der Waals surface area contributed by atoms with Gasteiger partial charge in [-0.15, -0.1) is 0 Å². The van der Waals surface area contributed by atoms with Gasteiger partial charge in [0.1, 0.15) is 6.23 Å². The van der Waals surface area contributed by atoms with E-state index < -0.39 is 6.23 Å². The third-order valence-electron chi connectivity index (χ3n) is 1.78. The van der Waals surface area contributed by atoms with Crippen LogP contribution in [0.15, 0.2) is 0 Å². The first kappa shape index (κ1) is 7.50. The molecule has 10 heavy (non-hydrogen) atoms. The fraction of sp³-hybridized carbons (Fsp3) is 0.833. The first-order chi connectivity index (χ1) is 4.70. The van der Waals surface area contributed by atoms with Crippen LogP contribution in [0.1, 0.15) is 12.8 Å². The third-order valence-corrected chi connectivity index (χ3v) is 1.78. The van der Waals surface area contributed by atoms with Gasteiger partial charge >= 0.3 is 0 Å². The first-order valence-corrected chi connectivity index (χ1v) is 3.41. The lowest BCUT2D eigenvalue weighted by Gasteiger charge is -2.24. The van der Waals surface area contributed by atoms with Crippen molar-refractivity contribution in [2.75, 3.05) is 6.54 Å². The Morgan fingerprint density at radius 1 is 1.70 bits per heavy atom. The average Bonchev–Trinajstić information content (AvgIpc) is 1.88. The van der Waals surface area contributed by atoms with Crippen molar-refractivity contribution in [2.24, 2.45) is 11.7 Å². The smallest absolute Gasteiger partial charge is 0.220 e. The maximum absolute atomic E-state index is 10.6. The second-order valence-electron chi connectivity index (χ2n) is 2.59. The lowest BCUT2D eigenvalue weighted by molar-refractivity contribution is -0.124. The summed E-state index contributed by atoms with van der Waals surface area (Å²) in [7, 11) is 0. The van der Waals surface area contributed by atoms with Gasteiger partial charge in [0.15, 0.2) is 0 Å². The number of amides is 1. The molecular formula is C6H12N2O2. The van der Waals surface area contributed by atoms with Crippen molar-refractivity contribution in [3.05, 3.63) is 0 Å². The number of aliphatic hydroxyl groups excluding tert-OH is 1. The number of rotatable bonds is 1. The molecule has 0 saturated carbocycles. The molecule has 2 atom stereocenters. The Kier molecular flexibility index (Phi) is 2.24. The maximum atomic E-state index is 10.6. The summed E-state index contributed by atoms with van der Waals surface area (Å²) in [5.41, 5.74) is 5.05. The zero-order chi connectivity index (χ0) is 7.56. The van der Waals surface area contributed by atoms with Crippen LogP contribution in [0.2, 0.25) is 0 Å². The van der Waals surface area contributed by atoms with Gasteiger partial charge in [0.2, 0.25) is 5.91 Å². The standard InChI is InChI=1S/C6H12N2O2/c7-6(10)4-1-2-8-5(9)3-4/h4-5,8-9H,1-3H2,(H2,7,10). The molecule has 1 rings (SSSR count). The minimum atomic E-state index is -0.550. The van der Waals surface area contributed by atoms with E-state index >= 15 is 0 Å². The highest BCUT2D eigenvalue weighted by Crippen LogP contribution is 2.13. The van der Waals surface area contributed by atoms with E-state index in [2.05, 4.69) is 5.32 Å². The van der Waals surface area contributed by atoms with E-state index in [1.807, 2.05) is 0 Å². The molecule has 0 aromatic rings. The Morgan fingerprint density at radius 2 is 2.40 bits per heavy atom. The third kappa shape index (κ3) is 1.68. The van der Waals surface area contributed by atoms with Crippen molar-refractivity contribution in [2.45, 2.75) is 19.1 Å². The van der Waals surface area contributed by atoms with Gasteiger partial charge in [-0.25, -0.2) is 0 Å². The van der Waals surface area contributed by atoms with E-state index in [4.69, 9.17) is 10.8 Å². The van der Waals surface area contributed by atoms with Crippen LogP contribution in [-0.2, 0) is 4.79 Å². The normalized spacial score (nSPS) is 33.7. The van der Waals surface area contributed by atoms with Crippen LogP contribution in [0.4, 0.5) is 0 Å². The van der Waals surface area contributed by atoms with Gasteiger partial charge in [-0.05, 0) is 19.4 Å². The summed E-state index contributed by atoms with van der Waals surface area (Å²) in [5.74, 6) is -0.447. The van der Waals surface area contributed by atoms with Gasteiger partial charge < -0.3 is 10.8 Å². The summed E-state index contributed by atoms with van der Waals surface area (Å²) in [6.07, 6.45) is 0.646. The summed E-state index contributed by atoms with van der Waals surface area (Å²) in [6, 6.07) is 0. The zero-order valence-electron chi connectivity index (χ0n) is 5.71. The van der Waals surface area contributed by atoms with E-state index in [0.29, 0.717) is 13.0 Å². The topological polar surface area (TPSA) is 75.4 Å². The van der Waals surface area contributed by atoms with Crippen LogP contribution in [0.3, 0.4) is 0 Å². The van der Waals surface area contributed by atoms with Crippen LogP contribution in [0.5, 0.6) is 0 Å². The number of primary amides is 1. The van der Waals surface area contributed by atoms with Crippen molar-refractivity contribution >= 4 is 5.91 Å². The predicted octanol–water partition coefficient (Wildman–Crippen LogP) is -1.21.